The number of hydrogen-bond acceptors (Lipinski definition) is 3. The summed E-state index contributed by atoms with van der Waals surface area (Å²) in [5.41, 5.74) is -0.628. The van der Waals surface area contributed by atoms with Gasteiger partial charge in [0.05, 0.1) is 20.6 Å². The van der Waals surface area contributed by atoms with Crippen LogP contribution in [0.5, 0.6) is 0 Å². The van der Waals surface area contributed by atoms with Gasteiger partial charge >= 0.3 is 0 Å². The lowest BCUT2D eigenvalue weighted by atomic mass is 9.89. The second-order valence-corrected chi connectivity index (χ2v) is 10.6. The molecular formula is C27H55NO3. The van der Waals surface area contributed by atoms with Gasteiger partial charge in [0.2, 0.25) is 0 Å². The molecule has 0 amide bonds. The highest BCUT2D eigenvalue weighted by Crippen LogP contribution is 2.25. The summed E-state index contributed by atoms with van der Waals surface area (Å²) in [7, 11) is 4.20. The molecule has 1 N–H and O–H groups in total. The van der Waals surface area contributed by atoms with E-state index in [4.69, 9.17) is 0 Å². The van der Waals surface area contributed by atoms with E-state index in [9.17, 15) is 15.0 Å². The lowest BCUT2D eigenvalue weighted by molar-refractivity contribution is -0.897. The summed E-state index contributed by atoms with van der Waals surface area (Å²) in [4.78, 5) is 10.7. The Morgan fingerprint density at radius 1 is 0.710 bits per heavy atom. The Morgan fingerprint density at radius 2 is 1.16 bits per heavy atom. The number of likely N-dealkylation sites (N-methyl/N-ethyl adjacent to an activating group) is 1. The largest absolute Gasteiger partial charge is 0.550 e. The van der Waals surface area contributed by atoms with E-state index in [1.807, 2.05) is 0 Å². The van der Waals surface area contributed by atoms with Crippen molar-refractivity contribution in [2.45, 2.75) is 141 Å². The summed E-state index contributed by atoms with van der Waals surface area (Å²) >= 11 is 0. The van der Waals surface area contributed by atoms with Crippen molar-refractivity contribution in [3.05, 3.63) is 0 Å². The highest BCUT2D eigenvalue weighted by molar-refractivity contribution is 5.64. The van der Waals surface area contributed by atoms with E-state index in [0.717, 1.165) is 32.2 Å². The number of aliphatic hydroxyl groups is 1. The second kappa shape index (κ2) is 18.9. The van der Waals surface area contributed by atoms with E-state index >= 15 is 0 Å². The number of carboxylic acids is 1. The van der Waals surface area contributed by atoms with Crippen molar-refractivity contribution in [3.8, 4) is 0 Å². The topological polar surface area (TPSA) is 60.4 Å². The fourth-order valence-electron chi connectivity index (χ4n) is 4.92. The van der Waals surface area contributed by atoms with Crippen LogP contribution in [0.3, 0.4) is 0 Å². The predicted molar refractivity (Wildman–Crippen MR) is 131 cm³/mol. The Labute approximate surface area is 194 Å². The van der Waals surface area contributed by atoms with Crippen LogP contribution in [0.1, 0.15) is 136 Å². The molecule has 4 heteroatoms. The van der Waals surface area contributed by atoms with E-state index in [2.05, 4.69) is 27.9 Å². The van der Waals surface area contributed by atoms with Gasteiger partial charge in [-0.2, -0.15) is 0 Å². The highest BCUT2D eigenvalue weighted by Gasteiger charge is 2.33. The molecule has 186 valence electrons. The molecule has 0 spiro atoms. The molecule has 0 saturated heterocycles. The molecule has 0 aromatic carbocycles. The molecule has 0 aliphatic rings. The minimum atomic E-state index is -0.980. The molecule has 0 bridgehead atoms. The zero-order chi connectivity index (χ0) is 23.4. The molecule has 0 aromatic heterocycles. The first-order chi connectivity index (χ1) is 14.7. The third-order valence-corrected chi connectivity index (χ3v) is 6.58. The average molecular weight is 442 g/mol. The minimum Gasteiger partial charge on any atom is -0.550 e. The number of carbonyl (C=O) groups excluding carboxylic acids is 1. The molecule has 0 aromatic rings. The van der Waals surface area contributed by atoms with Crippen LogP contribution in [-0.2, 0) is 4.79 Å². The zero-order valence-corrected chi connectivity index (χ0v) is 21.6. The summed E-state index contributed by atoms with van der Waals surface area (Å²) in [5.74, 6) is -0.980. The molecule has 1 atom stereocenters. The van der Waals surface area contributed by atoms with Gasteiger partial charge in [0, 0.05) is 12.4 Å². The first kappa shape index (κ1) is 30.4. The molecule has 0 aliphatic heterocycles. The van der Waals surface area contributed by atoms with Gasteiger partial charge in [0.25, 0.3) is 0 Å². The third kappa shape index (κ3) is 19.8. The summed E-state index contributed by atoms with van der Waals surface area (Å²) in [6.45, 7) is 5.87. The summed E-state index contributed by atoms with van der Waals surface area (Å²) in [6, 6.07) is 0. The highest BCUT2D eigenvalue weighted by atomic mass is 16.4. The maximum absolute atomic E-state index is 11.2. The van der Waals surface area contributed by atoms with Crippen LogP contribution in [0, 0.1) is 0 Å². The van der Waals surface area contributed by atoms with Crippen LogP contribution in [0.2, 0.25) is 0 Å². The van der Waals surface area contributed by atoms with Crippen molar-refractivity contribution in [2.24, 2.45) is 0 Å². The van der Waals surface area contributed by atoms with E-state index < -0.39 is 11.6 Å². The molecule has 0 radical (unpaired) electrons. The fraction of sp³-hybridized carbons (Fsp3) is 0.963. The lowest BCUT2D eigenvalue weighted by Crippen LogP contribution is -2.52. The summed E-state index contributed by atoms with van der Waals surface area (Å²) in [5, 5.41) is 21.9. The normalized spacial score (nSPS) is 14.0. The van der Waals surface area contributed by atoms with Gasteiger partial charge < -0.3 is 19.5 Å². The van der Waals surface area contributed by atoms with Gasteiger partial charge in [-0.3, -0.25) is 0 Å². The number of rotatable bonds is 23. The second-order valence-electron chi connectivity index (χ2n) is 10.6. The average Bonchev–Trinajstić information content (AvgIpc) is 2.67. The Balaban J connectivity index is 3.85. The van der Waals surface area contributed by atoms with Gasteiger partial charge in [-0.1, -0.05) is 110 Å². The number of aliphatic carboxylic acids is 1. The lowest BCUT2D eigenvalue weighted by Gasteiger charge is -2.38. The Kier molecular flexibility index (Phi) is 18.5. The van der Waals surface area contributed by atoms with Crippen molar-refractivity contribution in [3.63, 3.8) is 0 Å². The Morgan fingerprint density at radius 3 is 1.58 bits per heavy atom. The molecule has 31 heavy (non-hydrogen) atoms. The smallest absolute Gasteiger partial charge is 0.113 e. The van der Waals surface area contributed by atoms with Crippen LogP contribution in [0.25, 0.3) is 0 Å². The number of unbranched alkanes of at least 4 members (excludes halogenated alkanes) is 13. The molecular weight excluding hydrogens is 386 g/mol. The number of nitrogens with zero attached hydrogens (tertiary/aromatic N) is 1. The van der Waals surface area contributed by atoms with Crippen LogP contribution in [0.4, 0.5) is 0 Å². The van der Waals surface area contributed by atoms with E-state index in [1.54, 1.807) is 0 Å². The maximum atomic E-state index is 11.2. The van der Waals surface area contributed by atoms with Gasteiger partial charge in [-0.25, -0.2) is 0 Å². The SMILES string of the molecule is CCCCCCCCCCCCCCCCC(O)(CCC)C[N+](C)(C)CCCC(=O)[O-]. The Hall–Kier alpha value is -0.610. The van der Waals surface area contributed by atoms with Crippen molar-refractivity contribution in [1.82, 2.24) is 0 Å². The van der Waals surface area contributed by atoms with Crippen LogP contribution in [0.15, 0.2) is 0 Å². The van der Waals surface area contributed by atoms with E-state index in [1.165, 1.54) is 83.5 Å². The van der Waals surface area contributed by atoms with Crippen molar-refractivity contribution in [2.75, 3.05) is 27.2 Å². The fourth-order valence-corrected chi connectivity index (χ4v) is 4.92. The van der Waals surface area contributed by atoms with Crippen molar-refractivity contribution in [1.29, 1.82) is 0 Å². The quantitative estimate of drug-likeness (QED) is 0.156. The van der Waals surface area contributed by atoms with Gasteiger partial charge in [-0.15, -0.1) is 0 Å². The molecule has 0 rings (SSSR count). The zero-order valence-electron chi connectivity index (χ0n) is 21.6. The predicted octanol–water partition coefficient (Wildman–Crippen LogP) is 6.00. The standard InChI is InChI=1S/C27H55NO3/c1-5-7-8-9-10-11-12-13-14-15-16-17-18-19-23-27(31,22-6-2)25-28(3,4)24-20-21-26(29)30/h31H,5-25H2,1-4H3. The first-order valence-corrected chi connectivity index (χ1v) is 13.5. The summed E-state index contributed by atoms with van der Waals surface area (Å²) < 4.78 is 0.669. The van der Waals surface area contributed by atoms with E-state index in [-0.39, 0.29) is 6.42 Å². The number of carboxylic acid groups (broad SMARTS) is 1. The molecule has 0 saturated carbocycles. The number of hydrogen-bond donors (Lipinski definition) is 1. The van der Waals surface area contributed by atoms with Crippen molar-refractivity contribution >= 4 is 5.97 Å². The summed E-state index contributed by atoms with van der Waals surface area (Å²) in [6.07, 6.45) is 22.3. The molecule has 0 heterocycles. The molecule has 4 nitrogen and oxygen atoms in total. The van der Waals surface area contributed by atoms with Crippen LogP contribution >= 0.6 is 0 Å². The molecule has 0 fully saturated rings. The molecule has 1 unspecified atom stereocenters. The minimum absolute atomic E-state index is 0.104. The van der Waals surface area contributed by atoms with Crippen LogP contribution in [-0.4, -0.2) is 48.3 Å². The number of carbonyl (C=O) groups is 1. The van der Waals surface area contributed by atoms with Crippen molar-refractivity contribution < 1.29 is 19.5 Å². The van der Waals surface area contributed by atoms with Gasteiger partial charge in [0.15, 0.2) is 0 Å². The Bertz CT molecular complexity index is 425. The first-order valence-electron chi connectivity index (χ1n) is 13.5. The maximum Gasteiger partial charge on any atom is 0.113 e. The van der Waals surface area contributed by atoms with E-state index in [0.29, 0.717) is 17.4 Å². The monoisotopic (exact) mass is 441 g/mol. The third-order valence-electron chi connectivity index (χ3n) is 6.58. The van der Waals surface area contributed by atoms with Crippen LogP contribution < -0.4 is 5.11 Å². The van der Waals surface area contributed by atoms with Gasteiger partial charge in [0.1, 0.15) is 12.1 Å². The molecule has 0 aliphatic carbocycles. The number of quaternary nitrogens is 1. The van der Waals surface area contributed by atoms with Gasteiger partial charge in [-0.05, 0) is 19.3 Å².